The second kappa shape index (κ2) is 9.13. The van der Waals surface area contributed by atoms with Gasteiger partial charge >= 0.3 is 0 Å². The number of rotatable bonds is 6. The van der Waals surface area contributed by atoms with Crippen LogP contribution in [-0.2, 0) is 4.79 Å². The molecule has 3 aromatic carbocycles. The molecule has 0 atom stereocenters. The average Bonchev–Trinajstić information content (AvgIpc) is 2.71. The van der Waals surface area contributed by atoms with E-state index in [9.17, 15) is 9.59 Å². The summed E-state index contributed by atoms with van der Waals surface area (Å²) in [5.74, 6) is 0.147. The summed E-state index contributed by atoms with van der Waals surface area (Å²) in [6.45, 7) is 5.36. The maximum atomic E-state index is 12.7. The van der Waals surface area contributed by atoms with Crippen molar-refractivity contribution in [3.8, 4) is 5.75 Å². The second-order valence-corrected chi connectivity index (χ2v) is 8.34. The Balaban J connectivity index is 1.61. The molecule has 0 aliphatic rings. The average molecular weight is 467 g/mol. The van der Waals surface area contributed by atoms with E-state index in [1.54, 1.807) is 56.3 Å². The number of ether oxygens (including phenoxy) is 1. The van der Waals surface area contributed by atoms with Crippen molar-refractivity contribution in [2.24, 2.45) is 0 Å². The minimum atomic E-state index is -1.06. The van der Waals surface area contributed by atoms with Gasteiger partial charge < -0.3 is 15.4 Å². The summed E-state index contributed by atoms with van der Waals surface area (Å²) in [7, 11) is 0. The van der Waals surface area contributed by atoms with E-state index >= 15 is 0 Å². The van der Waals surface area contributed by atoms with Crippen LogP contribution in [0, 0.1) is 6.92 Å². The molecule has 0 aromatic heterocycles. The number of hydrogen-bond donors (Lipinski definition) is 2. The first kappa shape index (κ1) is 21.6. The quantitative estimate of drug-likeness (QED) is 0.481. The van der Waals surface area contributed by atoms with Crippen LogP contribution in [0.2, 0.25) is 0 Å². The summed E-state index contributed by atoms with van der Waals surface area (Å²) in [6.07, 6.45) is 0. The highest BCUT2D eigenvalue weighted by Crippen LogP contribution is 2.23. The van der Waals surface area contributed by atoms with Gasteiger partial charge in [0.2, 0.25) is 0 Å². The minimum absolute atomic E-state index is 0.181. The third-order valence-electron chi connectivity index (χ3n) is 4.41. The first-order valence-electron chi connectivity index (χ1n) is 9.47. The molecule has 0 aliphatic heterocycles. The van der Waals surface area contributed by atoms with Crippen molar-refractivity contribution >= 4 is 39.1 Å². The van der Waals surface area contributed by atoms with Crippen LogP contribution in [0.5, 0.6) is 5.75 Å². The molecule has 3 aromatic rings. The fourth-order valence-electron chi connectivity index (χ4n) is 2.75. The lowest BCUT2D eigenvalue weighted by atomic mass is 10.1. The predicted octanol–water partition coefficient (Wildman–Crippen LogP) is 5.81. The molecule has 5 nitrogen and oxygen atoms in total. The highest BCUT2D eigenvalue weighted by atomic mass is 79.9. The lowest BCUT2D eigenvalue weighted by molar-refractivity contribution is -0.128. The standard InChI is InChI=1S/C24H23BrN2O3/c1-16-5-4-6-17(15-16)22(28)26-19-9-11-20(12-10-19)27-23(29)24(2,3)30-21-13-7-18(25)8-14-21/h4-15H,1-3H3,(H,26,28)(H,27,29). The summed E-state index contributed by atoms with van der Waals surface area (Å²) < 4.78 is 6.77. The Labute approximate surface area is 184 Å². The van der Waals surface area contributed by atoms with Crippen LogP contribution in [0.15, 0.2) is 77.3 Å². The number of benzene rings is 3. The Bertz CT molecular complexity index is 1040. The maximum Gasteiger partial charge on any atom is 0.267 e. The van der Waals surface area contributed by atoms with Gasteiger partial charge in [-0.2, -0.15) is 0 Å². The number of halogens is 1. The lowest BCUT2D eigenvalue weighted by Crippen LogP contribution is -2.42. The Morgan fingerprint density at radius 2 is 1.47 bits per heavy atom. The molecule has 0 fully saturated rings. The van der Waals surface area contributed by atoms with Crippen LogP contribution >= 0.6 is 15.9 Å². The van der Waals surface area contributed by atoms with Gasteiger partial charge in [-0.15, -0.1) is 0 Å². The summed E-state index contributed by atoms with van der Waals surface area (Å²) in [4.78, 5) is 25.0. The predicted molar refractivity (Wildman–Crippen MR) is 123 cm³/mol. The van der Waals surface area contributed by atoms with Gasteiger partial charge in [-0.05, 0) is 81.4 Å². The van der Waals surface area contributed by atoms with Crippen LogP contribution in [0.3, 0.4) is 0 Å². The van der Waals surface area contributed by atoms with Crippen LogP contribution in [0.25, 0.3) is 0 Å². The molecule has 154 valence electrons. The number of anilines is 2. The fourth-order valence-corrected chi connectivity index (χ4v) is 3.02. The monoisotopic (exact) mass is 466 g/mol. The molecular weight excluding hydrogens is 444 g/mol. The molecule has 0 saturated carbocycles. The third-order valence-corrected chi connectivity index (χ3v) is 4.94. The molecule has 6 heteroatoms. The Kier molecular flexibility index (Phi) is 6.57. The van der Waals surface area contributed by atoms with E-state index in [-0.39, 0.29) is 11.8 Å². The van der Waals surface area contributed by atoms with Gasteiger partial charge in [0.15, 0.2) is 5.60 Å². The van der Waals surface area contributed by atoms with Gasteiger partial charge in [-0.25, -0.2) is 0 Å². The fraction of sp³-hybridized carbons (Fsp3) is 0.167. The van der Waals surface area contributed by atoms with E-state index in [4.69, 9.17) is 4.74 Å². The topological polar surface area (TPSA) is 67.4 Å². The molecule has 30 heavy (non-hydrogen) atoms. The number of hydrogen-bond acceptors (Lipinski definition) is 3. The summed E-state index contributed by atoms with van der Waals surface area (Å²) >= 11 is 3.37. The second-order valence-electron chi connectivity index (χ2n) is 7.42. The van der Waals surface area contributed by atoms with Crippen molar-refractivity contribution in [1.29, 1.82) is 0 Å². The Hall–Kier alpha value is -3.12. The Morgan fingerprint density at radius 1 is 0.867 bits per heavy atom. The summed E-state index contributed by atoms with van der Waals surface area (Å²) in [5, 5.41) is 5.70. The van der Waals surface area contributed by atoms with E-state index in [2.05, 4.69) is 26.6 Å². The first-order valence-corrected chi connectivity index (χ1v) is 10.3. The molecule has 2 N–H and O–H groups in total. The smallest absolute Gasteiger partial charge is 0.267 e. The van der Waals surface area contributed by atoms with E-state index in [0.29, 0.717) is 22.7 Å². The Morgan fingerprint density at radius 3 is 2.07 bits per heavy atom. The molecule has 0 unspecified atom stereocenters. The minimum Gasteiger partial charge on any atom is -0.478 e. The SMILES string of the molecule is Cc1cccc(C(=O)Nc2ccc(NC(=O)C(C)(C)Oc3ccc(Br)cc3)cc2)c1. The molecule has 3 rings (SSSR count). The molecule has 0 radical (unpaired) electrons. The number of amides is 2. The van der Waals surface area contributed by atoms with E-state index in [1.807, 2.05) is 37.3 Å². The van der Waals surface area contributed by atoms with Crippen molar-refractivity contribution in [3.63, 3.8) is 0 Å². The van der Waals surface area contributed by atoms with Gasteiger partial charge in [0.05, 0.1) is 0 Å². The van der Waals surface area contributed by atoms with E-state index < -0.39 is 5.60 Å². The van der Waals surface area contributed by atoms with Crippen LogP contribution in [0.1, 0.15) is 29.8 Å². The van der Waals surface area contributed by atoms with Crippen molar-refractivity contribution in [1.82, 2.24) is 0 Å². The number of nitrogens with one attached hydrogen (secondary N) is 2. The zero-order valence-corrected chi connectivity index (χ0v) is 18.6. The molecule has 2 amide bonds. The first-order chi connectivity index (χ1) is 14.2. The van der Waals surface area contributed by atoms with Gasteiger partial charge in [0.25, 0.3) is 11.8 Å². The largest absolute Gasteiger partial charge is 0.478 e. The van der Waals surface area contributed by atoms with Gasteiger partial charge in [0.1, 0.15) is 5.75 Å². The summed E-state index contributed by atoms with van der Waals surface area (Å²) in [5.41, 5.74) is 1.81. The molecule has 0 saturated heterocycles. The number of carbonyl (C=O) groups excluding carboxylic acids is 2. The van der Waals surface area contributed by atoms with Crippen LogP contribution in [0.4, 0.5) is 11.4 Å². The van der Waals surface area contributed by atoms with Gasteiger partial charge in [-0.3, -0.25) is 9.59 Å². The van der Waals surface area contributed by atoms with Gasteiger partial charge in [-0.1, -0.05) is 33.6 Å². The molecule has 0 spiro atoms. The normalized spacial score (nSPS) is 10.9. The highest BCUT2D eigenvalue weighted by Gasteiger charge is 2.30. The molecule has 0 bridgehead atoms. The third kappa shape index (κ3) is 5.70. The summed E-state index contributed by atoms with van der Waals surface area (Å²) in [6, 6.07) is 21.6. The van der Waals surface area contributed by atoms with Crippen molar-refractivity contribution in [2.45, 2.75) is 26.4 Å². The molecule has 0 aliphatic carbocycles. The van der Waals surface area contributed by atoms with Gasteiger partial charge in [0, 0.05) is 21.4 Å². The van der Waals surface area contributed by atoms with Crippen molar-refractivity contribution in [3.05, 3.63) is 88.4 Å². The lowest BCUT2D eigenvalue weighted by Gasteiger charge is -2.25. The van der Waals surface area contributed by atoms with E-state index in [0.717, 1.165) is 10.0 Å². The number of aryl methyl sites for hydroxylation is 1. The van der Waals surface area contributed by atoms with Crippen LogP contribution in [-0.4, -0.2) is 17.4 Å². The highest BCUT2D eigenvalue weighted by molar-refractivity contribution is 9.10. The number of carbonyl (C=O) groups is 2. The molecular formula is C24H23BrN2O3. The zero-order valence-electron chi connectivity index (χ0n) is 17.0. The van der Waals surface area contributed by atoms with Crippen molar-refractivity contribution < 1.29 is 14.3 Å². The maximum absolute atomic E-state index is 12.7. The zero-order chi connectivity index (χ0) is 21.7. The van der Waals surface area contributed by atoms with Crippen LogP contribution < -0.4 is 15.4 Å². The molecule has 0 heterocycles. The van der Waals surface area contributed by atoms with E-state index in [1.165, 1.54) is 0 Å². The van der Waals surface area contributed by atoms with Crippen molar-refractivity contribution in [2.75, 3.05) is 10.6 Å².